The number of ether oxygens (including phenoxy) is 2. The Balaban J connectivity index is 2.40. The number of aliphatic hydroxyl groups excluding tert-OH is 2. The van der Waals surface area contributed by atoms with Crippen LogP contribution in [0.5, 0.6) is 0 Å². The summed E-state index contributed by atoms with van der Waals surface area (Å²) in [6.07, 6.45) is 0.424. The van der Waals surface area contributed by atoms with Gasteiger partial charge in [0, 0.05) is 11.5 Å². The molecule has 0 radical (unpaired) electrons. The SMILES string of the molecule is CCC(C)(C)CC(O)CN1C(=O)N(CC(O)COC(=O)CCSSCCC(=O)OC(C)(C)CC)C(C)(C)C1=O. The lowest BCUT2D eigenvalue weighted by molar-refractivity contribution is -0.156. The number of β-amino-alcohol motifs (C(OH)–C–C–N with tert-alkyl or cyclic N) is 2. The zero-order chi connectivity index (χ0) is 30.0. The molecule has 2 atom stereocenters. The third-order valence-corrected chi connectivity index (χ3v) is 9.39. The fourth-order valence-corrected chi connectivity index (χ4v) is 5.71. The molecule has 0 aromatic rings. The average Bonchev–Trinajstić information content (AvgIpc) is 2.99. The lowest BCUT2D eigenvalue weighted by atomic mass is 9.84. The number of rotatable bonds is 18. The molecule has 1 heterocycles. The van der Waals surface area contributed by atoms with Crippen molar-refractivity contribution in [2.75, 3.05) is 31.2 Å². The molecule has 0 bridgehead atoms. The number of hydrogen-bond acceptors (Lipinski definition) is 10. The molecule has 226 valence electrons. The minimum absolute atomic E-state index is 0.111. The summed E-state index contributed by atoms with van der Waals surface area (Å²) < 4.78 is 10.5. The van der Waals surface area contributed by atoms with E-state index in [2.05, 4.69) is 0 Å². The maximum absolute atomic E-state index is 13.0. The van der Waals surface area contributed by atoms with Gasteiger partial charge in [0.2, 0.25) is 0 Å². The predicted molar refractivity (Wildman–Crippen MR) is 154 cm³/mol. The van der Waals surface area contributed by atoms with Gasteiger partial charge in [0.15, 0.2) is 0 Å². The van der Waals surface area contributed by atoms with Gasteiger partial charge in [-0.1, -0.05) is 55.7 Å². The Labute approximate surface area is 241 Å². The van der Waals surface area contributed by atoms with Crippen LogP contribution in [0.2, 0.25) is 0 Å². The van der Waals surface area contributed by atoms with Gasteiger partial charge in [0.25, 0.3) is 5.91 Å². The van der Waals surface area contributed by atoms with Crippen LogP contribution >= 0.6 is 21.6 Å². The van der Waals surface area contributed by atoms with Crippen molar-refractivity contribution >= 4 is 45.5 Å². The Kier molecular flexibility index (Phi) is 14.1. The van der Waals surface area contributed by atoms with Crippen LogP contribution in [0.3, 0.4) is 0 Å². The summed E-state index contributed by atoms with van der Waals surface area (Å²) in [5, 5.41) is 20.9. The zero-order valence-electron chi connectivity index (χ0n) is 24.8. The molecule has 12 heteroatoms. The summed E-state index contributed by atoms with van der Waals surface area (Å²) in [7, 11) is 2.92. The van der Waals surface area contributed by atoms with E-state index in [9.17, 15) is 29.4 Å². The predicted octanol–water partition coefficient (Wildman–Crippen LogP) is 4.01. The topological polar surface area (TPSA) is 134 Å². The molecule has 2 N–H and O–H groups in total. The van der Waals surface area contributed by atoms with E-state index in [1.54, 1.807) is 13.8 Å². The van der Waals surface area contributed by atoms with Crippen LogP contribution in [0.25, 0.3) is 0 Å². The number of carbonyl (C=O) groups is 4. The van der Waals surface area contributed by atoms with Gasteiger partial charge in [-0.05, 0) is 46.0 Å². The number of carbonyl (C=O) groups excluding carboxylic acids is 4. The minimum atomic E-state index is -1.20. The van der Waals surface area contributed by atoms with Gasteiger partial charge >= 0.3 is 18.0 Å². The molecule has 39 heavy (non-hydrogen) atoms. The number of urea groups is 1. The standard InChI is InChI=1S/C27H48N2O8S2/c1-9-25(3,4)15-19(30)16-28-23(34)27(7,8)29(24(28)35)17-20(31)18-36-21(32)11-13-38-39-14-12-22(33)37-26(5,6)10-2/h19-20,30-31H,9-18H2,1-8H3. The monoisotopic (exact) mass is 592 g/mol. The maximum atomic E-state index is 13.0. The molecule has 2 unspecified atom stereocenters. The zero-order valence-corrected chi connectivity index (χ0v) is 26.4. The number of hydrogen-bond donors (Lipinski definition) is 2. The van der Waals surface area contributed by atoms with Crippen LogP contribution in [0.15, 0.2) is 0 Å². The lowest BCUT2D eigenvalue weighted by Gasteiger charge is -2.29. The third-order valence-electron chi connectivity index (χ3n) is 6.98. The van der Waals surface area contributed by atoms with Gasteiger partial charge in [0.1, 0.15) is 23.9 Å². The van der Waals surface area contributed by atoms with E-state index in [0.717, 1.165) is 17.7 Å². The molecule has 0 aromatic heterocycles. The number of aliphatic hydroxyl groups is 2. The molecule has 0 aromatic carbocycles. The quantitative estimate of drug-likeness (QED) is 0.104. The van der Waals surface area contributed by atoms with Gasteiger partial charge in [-0.15, -0.1) is 0 Å². The van der Waals surface area contributed by atoms with Gasteiger partial charge in [-0.2, -0.15) is 0 Å². The first-order chi connectivity index (χ1) is 18.0. The van der Waals surface area contributed by atoms with Crippen molar-refractivity contribution in [2.24, 2.45) is 5.41 Å². The number of imide groups is 1. The van der Waals surface area contributed by atoms with Crippen molar-refractivity contribution in [3.8, 4) is 0 Å². The Morgan fingerprint density at radius 2 is 1.49 bits per heavy atom. The van der Waals surface area contributed by atoms with E-state index < -0.39 is 41.3 Å². The van der Waals surface area contributed by atoms with Crippen LogP contribution in [0, 0.1) is 5.41 Å². The van der Waals surface area contributed by atoms with Crippen molar-refractivity contribution < 1.29 is 38.9 Å². The number of amides is 3. The van der Waals surface area contributed by atoms with Crippen LogP contribution in [-0.2, 0) is 23.9 Å². The highest BCUT2D eigenvalue weighted by molar-refractivity contribution is 8.76. The minimum Gasteiger partial charge on any atom is -0.463 e. The van der Waals surface area contributed by atoms with E-state index in [4.69, 9.17) is 9.47 Å². The van der Waals surface area contributed by atoms with E-state index in [0.29, 0.717) is 24.3 Å². The van der Waals surface area contributed by atoms with Crippen molar-refractivity contribution in [1.82, 2.24) is 9.80 Å². The van der Waals surface area contributed by atoms with Crippen LogP contribution in [-0.4, -0.2) is 98.4 Å². The highest BCUT2D eigenvalue weighted by Gasteiger charge is 2.52. The Bertz CT molecular complexity index is 850. The highest BCUT2D eigenvalue weighted by atomic mass is 33.1. The van der Waals surface area contributed by atoms with Gasteiger partial charge in [-0.3, -0.25) is 19.3 Å². The van der Waals surface area contributed by atoms with Gasteiger partial charge < -0.3 is 24.6 Å². The summed E-state index contributed by atoms with van der Waals surface area (Å²) in [5.74, 6) is -0.128. The summed E-state index contributed by atoms with van der Waals surface area (Å²) >= 11 is 0. The van der Waals surface area contributed by atoms with E-state index in [-0.39, 0.29) is 37.5 Å². The number of nitrogens with zero attached hydrogens (tertiary/aromatic N) is 2. The summed E-state index contributed by atoms with van der Waals surface area (Å²) in [6, 6.07) is -0.584. The van der Waals surface area contributed by atoms with Crippen LogP contribution < -0.4 is 0 Å². The average molecular weight is 593 g/mol. The number of esters is 2. The molecule has 1 aliphatic rings. The largest absolute Gasteiger partial charge is 0.463 e. The second kappa shape index (κ2) is 15.5. The van der Waals surface area contributed by atoms with Crippen molar-refractivity contribution in [3.63, 3.8) is 0 Å². The molecule has 1 aliphatic heterocycles. The molecule has 10 nitrogen and oxygen atoms in total. The molecule has 0 spiro atoms. The van der Waals surface area contributed by atoms with Crippen LogP contribution in [0.4, 0.5) is 4.79 Å². The molecule has 1 rings (SSSR count). The molecule has 1 fully saturated rings. The second-order valence-electron chi connectivity index (χ2n) is 11.8. The fraction of sp³-hybridized carbons (Fsp3) is 0.852. The highest BCUT2D eigenvalue weighted by Crippen LogP contribution is 2.31. The Morgan fingerprint density at radius 3 is 2.03 bits per heavy atom. The van der Waals surface area contributed by atoms with E-state index >= 15 is 0 Å². The lowest BCUT2D eigenvalue weighted by Crippen LogP contribution is -2.48. The summed E-state index contributed by atoms with van der Waals surface area (Å²) in [6.45, 7) is 14.3. The smallest absolute Gasteiger partial charge is 0.327 e. The van der Waals surface area contributed by atoms with Gasteiger partial charge in [-0.25, -0.2) is 4.79 Å². The van der Waals surface area contributed by atoms with E-state index in [1.807, 2.05) is 41.5 Å². The fourth-order valence-electron chi connectivity index (χ4n) is 3.77. The molecular weight excluding hydrogens is 544 g/mol. The first kappa shape index (κ1) is 35.5. The molecule has 0 saturated carbocycles. The third kappa shape index (κ3) is 11.9. The maximum Gasteiger partial charge on any atom is 0.327 e. The summed E-state index contributed by atoms with van der Waals surface area (Å²) in [4.78, 5) is 52.1. The normalized spacial score (nSPS) is 17.4. The molecular formula is C27H48N2O8S2. The van der Waals surface area contributed by atoms with Gasteiger partial charge in [0.05, 0.1) is 32.0 Å². The van der Waals surface area contributed by atoms with E-state index in [1.165, 1.54) is 26.5 Å². The Hall–Kier alpha value is -1.50. The first-order valence-electron chi connectivity index (χ1n) is 13.6. The summed E-state index contributed by atoms with van der Waals surface area (Å²) in [5.41, 5.74) is -1.80. The first-order valence-corrected chi connectivity index (χ1v) is 16.1. The molecule has 3 amide bonds. The molecule has 1 saturated heterocycles. The van der Waals surface area contributed by atoms with Crippen molar-refractivity contribution in [1.29, 1.82) is 0 Å². The van der Waals surface area contributed by atoms with Crippen LogP contribution in [0.1, 0.15) is 87.5 Å². The Morgan fingerprint density at radius 1 is 0.923 bits per heavy atom. The second-order valence-corrected chi connectivity index (χ2v) is 14.5. The van der Waals surface area contributed by atoms with Crippen molar-refractivity contribution in [3.05, 3.63) is 0 Å². The molecule has 0 aliphatic carbocycles. The van der Waals surface area contributed by atoms with Crippen molar-refractivity contribution in [2.45, 2.75) is 111 Å².